The fourth-order valence-corrected chi connectivity index (χ4v) is 3.87. The molecule has 5 rings (SSSR count). The Kier molecular flexibility index (Phi) is 4.76. The number of benzene rings is 1. The molecule has 0 bridgehead atoms. The van der Waals surface area contributed by atoms with Crippen molar-refractivity contribution in [3.63, 3.8) is 0 Å². The molecule has 0 saturated carbocycles. The van der Waals surface area contributed by atoms with Gasteiger partial charge in [-0.1, -0.05) is 35.9 Å². The number of anilines is 2. The maximum Gasteiger partial charge on any atom is 0.244 e. The van der Waals surface area contributed by atoms with Gasteiger partial charge in [-0.05, 0) is 38.5 Å². The lowest BCUT2D eigenvalue weighted by atomic mass is 10.1. The minimum Gasteiger partial charge on any atom is -0.363 e. The number of fused-ring (bicyclic) bond motifs is 2. The van der Waals surface area contributed by atoms with Crippen LogP contribution in [0.25, 0.3) is 22.2 Å². The third-order valence-electron chi connectivity index (χ3n) is 5.57. The second-order valence-corrected chi connectivity index (χ2v) is 8.16. The van der Waals surface area contributed by atoms with E-state index < -0.39 is 6.04 Å². The summed E-state index contributed by atoms with van der Waals surface area (Å²) in [7, 11) is 0. The maximum atomic E-state index is 11.9. The third-order valence-corrected chi connectivity index (χ3v) is 5.57. The normalized spacial score (nSPS) is 16.2. The molecule has 1 unspecified atom stereocenters. The van der Waals surface area contributed by atoms with Crippen LogP contribution in [-0.2, 0) is 11.3 Å². The average molecular weight is 425 g/mol. The second kappa shape index (κ2) is 7.62. The van der Waals surface area contributed by atoms with Crippen molar-refractivity contribution in [2.24, 2.45) is 5.73 Å². The smallest absolute Gasteiger partial charge is 0.244 e. The van der Waals surface area contributed by atoms with E-state index in [-0.39, 0.29) is 11.9 Å². The fraction of sp³-hybridized carbons (Fsp3) is 0.250. The van der Waals surface area contributed by atoms with Crippen LogP contribution in [0.5, 0.6) is 0 Å². The van der Waals surface area contributed by atoms with Gasteiger partial charge in [0.1, 0.15) is 34.7 Å². The predicted molar refractivity (Wildman–Crippen MR) is 123 cm³/mol. The molecule has 1 aliphatic heterocycles. The number of hydrogen-bond acceptors (Lipinski definition) is 6. The highest BCUT2D eigenvalue weighted by atomic mass is 16.2. The van der Waals surface area contributed by atoms with Crippen LogP contribution in [0.4, 0.5) is 11.6 Å². The van der Waals surface area contributed by atoms with E-state index in [2.05, 4.69) is 75.9 Å². The molecule has 8 heteroatoms. The Labute approximate surface area is 185 Å². The van der Waals surface area contributed by atoms with Gasteiger partial charge >= 0.3 is 0 Å². The topological polar surface area (TPSA) is 111 Å². The van der Waals surface area contributed by atoms with Gasteiger partial charge < -0.3 is 16.4 Å². The Bertz CT molecular complexity index is 1340. The molecule has 2 aromatic heterocycles. The molecule has 4 N–H and O–H groups in total. The number of nitrogens with one attached hydrogen (secondary N) is 2. The highest BCUT2D eigenvalue weighted by Gasteiger charge is 2.24. The van der Waals surface area contributed by atoms with Crippen molar-refractivity contribution < 1.29 is 4.79 Å². The van der Waals surface area contributed by atoms with Gasteiger partial charge in [0, 0.05) is 12.1 Å². The maximum absolute atomic E-state index is 11.9. The van der Waals surface area contributed by atoms with Crippen molar-refractivity contribution in [1.29, 1.82) is 0 Å². The van der Waals surface area contributed by atoms with Crippen LogP contribution >= 0.6 is 0 Å². The van der Waals surface area contributed by atoms with E-state index >= 15 is 0 Å². The van der Waals surface area contributed by atoms with Gasteiger partial charge in [-0.3, -0.25) is 4.79 Å². The third kappa shape index (κ3) is 3.63. The van der Waals surface area contributed by atoms with Crippen molar-refractivity contribution in [3.05, 3.63) is 65.5 Å². The van der Waals surface area contributed by atoms with Crippen LogP contribution in [0.3, 0.4) is 0 Å². The van der Waals surface area contributed by atoms with E-state index in [9.17, 15) is 4.79 Å². The molecule has 0 saturated heterocycles. The lowest BCUT2D eigenvalue weighted by Crippen LogP contribution is -2.43. The first-order valence-corrected chi connectivity index (χ1v) is 10.5. The molecule has 8 nitrogen and oxygen atoms in total. The molecule has 0 aliphatic carbocycles. The number of hydrogen-bond donors (Lipinski definition) is 3. The number of aryl methyl sites for hydroxylation is 2. The minimum atomic E-state index is -0.613. The Morgan fingerprint density at radius 1 is 1.22 bits per heavy atom. The summed E-state index contributed by atoms with van der Waals surface area (Å²) in [5.41, 5.74) is 10.3. The minimum absolute atomic E-state index is 0.0525. The van der Waals surface area contributed by atoms with Gasteiger partial charge in [0.15, 0.2) is 0 Å². The van der Waals surface area contributed by atoms with Crippen LogP contribution in [0.1, 0.15) is 29.9 Å². The highest BCUT2D eigenvalue weighted by Crippen LogP contribution is 2.29. The first-order chi connectivity index (χ1) is 15.4. The van der Waals surface area contributed by atoms with Gasteiger partial charge in [0.2, 0.25) is 5.91 Å². The number of amides is 1. The van der Waals surface area contributed by atoms with Gasteiger partial charge in [-0.2, -0.15) is 5.10 Å². The molecule has 1 amide bonds. The van der Waals surface area contributed by atoms with Gasteiger partial charge in [-0.25, -0.2) is 14.6 Å². The fourth-order valence-electron chi connectivity index (χ4n) is 3.87. The first-order valence-electron chi connectivity index (χ1n) is 10.5. The predicted octanol–water partition coefficient (Wildman–Crippen LogP) is 3.16. The molecular weight excluding hydrogens is 402 g/mol. The zero-order chi connectivity index (χ0) is 22.4. The molecule has 0 fully saturated rings. The summed E-state index contributed by atoms with van der Waals surface area (Å²) in [6, 6.07) is 17.9. The van der Waals surface area contributed by atoms with Gasteiger partial charge in [-0.15, -0.1) is 0 Å². The number of carbonyl (C=O) groups is 1. The van der Waals surface area contributed by atoms with Crippen LogP contribution in [0.15, 0.2) is 36.4 Å². The first kappa shape index (κ1) is 20.0. The molecule has 160 valence electrons. The van der Waals surface area contributed by atoms with Crippen LogP contribution in [0.2, 0.25) is 0 Å². The molecule has 3 heterocycles. The van der Waals surface area contributed by atoms with E-state index in [4.69, 9.17) is 5.73 Å². The van der Waals surface area contributed by atoms with E-state index in [1.807, 2.05) is 19.1 Å². The monoisotopic (exact) mass is 425 g/mol. The van der Waals surface area contributed by atoms with Crippen molar-refractivity contribution in [2.45, 2.75) is 39.4 Å². The van der Waals surface area contributed by atoms with Crippen molar-refractivity contribution in [3.8, 4) is 11.3 Å². The van der Waals surface area contributed by atoms with Gasteiger partial charge in [0.05, 0.1) is 17.5 Å². The number of carbonyl (C=O) groups excluding carboxylic acids is 1. The average Bonchev–Trinajstić information content (AvgIpc) is 3.16. The lowest BCUT2D eigenvalue weighted by Gasteiger charge is -2.19. The molecule has 2 atom stereocenters. The number of nitrogens with two attached hydrogens (primary N) is 1. The zero-order valence-electron chi connectivity index (χ0n) is 18.1. The van der Waals surface area contributed by atoms with Crippen LogP contribution in [0, 0.1) is 26.0 Å². The standard InChI is InChI=1S/C24H23N7O/c1-13-5-4-6-16(9-13)14(2)26-23-18-10-17(7-8-20(18)27-15(3)28-23)21-11-22-29-24(32)19(25)12-31(22)30-21/h4-6,9-11,14,19H,12,25H2,1-3H3,(H,29,32)(H,26,27,28)/t14-,19?/m1/s1. The Balaban J connectivity index is 1.53. The van der Waals surface area contributed by atoms with Crippen molar-refractivity contribution in [2.75, 3.05) is 10.6 Å². The van der Waals surface area contributed by atoms with Crippen molar-refractivity contribution in [1.82, 2.24) is 19.7 Å². The number of rotatable bonds is 4. The SMILES string of the molecule is Cc1cccc([C@@H](C)Nc2nc(C)nc3c#cc(-c4cc5n(n4)CC(N)C(=O)N5)cc23)c1. The molecular formula is C24H23N7O. The molecule has 1 aliphatic rings. The summed E-state index contributed by atoms with van der Waals surface area (Å²) in [5.74, 6) is 1.79. The van der Waals surface area contributed by atoms with E-state index in [0.717, 1.165) is 16.8 Å². The Hall–Kier alpha value is -3.96. The number of aromatic nitrogens is 4. The van der Waals surface area contributed by atoms with Gasteiger partial charge in [0.25, 0.3) is 0 Å². The largest absolute Gasteiger partial charge is 0.363 e. The summed E-state index contributed by atoms with van der Waals surface area (Å²) in [6.45, 7) is 6.38. The second-order valence-electron chi connectivity index (χ2n) is 8.16. The zero-order valence-corrected chi connectivity index (χ0v) is 18.1. The molecule has 0 radical (unpaired) electrons. The lowest BCUT2D eigenvalue weighted by molar-refractivity contribution is -0.118. The van der Waals surface area contributed by atoms with E-state index in [0.29, 0.717) is 29.4 Å². The van der Waals surface area contributed by atoms with Crippen molar-refractivity contribution >= 4 is 28.4 Å². The summed E-state index contributed by atoms with van der Waals surface area (Å²) in [6.07, 6.45) is 0. The highest BCUT2D eigenvalue weighted by molar-refractivity contribution is 5.96. The Morgan fingerprint density at radius 3 is 2.88 bits per heavy atom. The summed E-state index contributed by atoms with van der Waals surface area (Å²) in [4.78, 5) is 21.0. The number of nitrogens with zero attached hydrogens (tertiary/aromatic N) is 4. The summed E-state index contributed by atoms with van der Waals surface area (Å²) < 4.78 is 1.70. The molecule has 2 aromatic carbocycles. The quantitative estimate of drug-likeness (QED) is 0.463. The summed E-state index contributed by atoms with van der Waals surface area (Å²) >= 11 is 0. The van der Waals surface area contributed by atoms with Crippen LogP contribution in [-0.4, -0.2) is 31.7 Å². The van der Waals surface area contributed by atoms with E-state index in [1.54, 1.807) is 4.68 Å². The molecule has 4 aromatic rings. The van der Waals surface area contributed by atoms with E-state index in [1.165, 1.54) is 11.1 Å². The molecule has 32 heavy (non-hydrogen) atoms. The molecule has 0 spiro atoms. The summed E-state index contributed by atoms with van der Waals surface area (Å²) in [5, 5.41) is 11.7. The van der Waals surface area contributed by atoms with Crippen LogP contribution < -0.4 is 16.4 Å². The Morgan fingerprint density at radius 2 is 2.06 bits per heavy atom.